The van der Waals surface area contributed by atoms with E-state index in [-0.39, 0.29) is 0 Å². The second-order valence-electron chi connectivity index (χ2n) is 17.3. The molecule has 14 rings (SSSR count). The lowest BCUT2D eigenvalue weighted by Gasteiger charge is -2.17. The summed E-state index contributed by atoms with van der Waals surface area (Å²) in [5.41, 5.74) is 11.6. The summed E-state index contributed by atoms with van der Waals surface area (Å²) < 4.78 is 0. The smallest absolute Gasteiger partial charge is 0.166 e. The topological polar surface area (TPSA) is 155 Å². The normalized spacial score (nSPS) is 11.6. The molecule has 8 aromatic carbocycles. The summed E-state index contributed by atoms with van der Waals surface area (Å²) in [4.78, 5) is 58.9. The number of fused-ring (bicyclic) bond motifs is 2. The van der Waals surface area contributed by atoms with Crippen molar-refractivity contribution in [1.29, 1.82) is 0 Å². The SMILES string of the molecule is c1ccc(-c2ccc(-c3nc(-c4ccc(-c5ccccn5)cc4)nc(-c4ccc5ccc6c(-c7nc(-c8cccc9nccnc89)nc(-c8cccc9nccnc89)n7)ccc7ccc4c5c76)n3)cc2)nc1. The molecule has 0 amide bonds. The molecule has 0 N–H and O–H groups in total. The Hall–Kier alpha value is -10.2. The Morgan fingerprint density at radius 3 is 1.07 bits per heavy atom. The molecule has 0 saturated carbocycles. The molecule has 334 valence electrons. The molecule has 0 unspecified atom stereocenters. The molecule has 0 aliphatic heterocycles. The molecular weight excluding hydrogens is 889 g/mol. The van der Waals surface area contributed by atoms with Crippen LogP contribution < -0.4 is 0 Å². The Bertz CT molecular complexity index is 4170. The highest BCUT2D eigenvalue weighted by Gasteiger charge is 2.22. The van der Waals surface area contributed by atoms with E-state index in [0.29, 0.717) is 46.0 Å². The van der Waals surface area contributed by atoms with Crippen LogP contribution in [0.5, 0.6) is 0 Å². The van der Waals surface area contributed by atoms with Gasteiger partial charge in [0.1, 0.15) is 0 Å². The van der Waals surface area contributed by atoms with Crippen LogP contribution in [0.25, 0.3) is 145 Å². The lowest BCUT2D eigenvalue weighted by molar-refractivity contribution is 1.08. The van der Waals surface area contributed by atoms with Gasteiger partial charge in [-0.15, -0.1) is 0 Å². The van der Waals surface area contributed by atoms with Crippen LogP contribution in [0.15, 0.2) is 207 Å². The molecule has 0 saturated heterocycles. The number of pyridine rings is 2. The van der Waals surface area contributed by atoms with E-state index < -0.39 is 0 Å². The Morgan fingerprint density at radius 2 is 0.625 bits per heavy atom. The summed E-state index contributed by atoms with van der Waals surface area (Å²) in [6.45, 7) is 0. The number of para-hydroxylation sites is 2. The number of rotatable bonds is 8. The van der Waals surface area contributed by atoms with Crippen molar-refractivity contribution in [2.75, 3.05) is 0 Å². The van der Waals surface area contributed by atoms with E-state index in [4.69, 9.17) is 39.9 Å². The van der Waals surface area contributed by atoms with E-state index in [1.165, 1.54) is 0 Å². The van der Waals surface area contributed by atoms with E-state index in [1.807, 2.05) is 97.1 Å². The molecule has 6 aromatic heterocycles. The van der Waals surface area contributed by atoms with Crippen molar-refractivity contribution in [3.8, 4) is 90.8 Å². The van der Waals surface area contributed by atoms with Crippen molar-refractivity contribution in [3.05, 3.63) is 207 Å². The molecule has 0 spiro atoms. The van der Waals surface area contributed by atoms with Crippen molar-refractivity contribution in [3.63, 3.8) is 0 Å². The van der Waals surface area contributed by atoms with Gasteiger partial charge in [-0.1, -0.05) is 109 Å². The fourth-order valence-electron chi connectivity index (χ4n) is 9.68. The maximum atomic E-state index is 5.24. The highest BCUT2D eigenvalue weighted by atomic mass is 15.0. The molecule has 6 heterocycles. The third kappa shape index (κ3) is 7.01. The second kappa shape index (κ2) is 16.8. The fourth-order valence-corrected chi connectivity index (χ4v) is 9.68. The minimum absolute atomic E-state index is 0.467. The van der Waals surface area contributed by atoms with Crippen molar-refractivity contribution in [2.45, 2.75) is 0 Å². The van der Waals surface area contributed by atoms with Gasteiger partial charge in [-0.25, -0.2) is 29.9 Å². The summed E-state index contributed by atoms with van der Waals surface area (Å²) in [6.07, 6.45) is 10.3. The van der Waals surface area contributed by atoms with Gasteiger partial charge in [0.2, 0.25) is 0 Å². The molecule has 14 aromatic rings. The van der Waals surface area contributed by atoms with Gasteiger partial charge >= 0.3 is 0 Å². The predicted octanol–water partition coefficient (Wildman–Crippen LogP) is 13.0. The molecule has 0 fully saturated rings. The van der Waals surface area contributed by atoms with Gasteiger partial charge in [-0.3, -0.25) is 29.9 Å². The van der Waals surface area contributed by atoms with E-state index in [2.05, 4.69) is 92.7 Å². The lowest BCUT2D eigenvalue weighted by atomic mass is 9.89. The zero-order chi connectivity index (χ0) is 47.5. The first-order valence-electron chi connectivity index (χ1n) is 23.3. The second-order valence-corrected chi connectivity index (χ2v) is 17.3. The van der Waals surface area contributed by atoms with Crippen LogP contribution in [-0.2, 0) is 0 Å². The highest BCUT2D eigenvalue weighted by Crippen LogP contribution is 2.43. The van der Waals surface area contributed by atoms with Gasteiger partial charge in [0.25, 0.3) is 0 Å². The van der Waals surface area contributed by atoms with Gasteiger partial charge in [-0.05, 0) is 93.0 Å². The molecule has 0 aliphatic carbocycles. The summed E-state index contributed by atoms with van der Waals surface area (Å²) in [5.74, 6) is 3.10. The average molecular weight is 923 g/mol. The first kappa shape index (κ1) is 40.8. The fraction of sp³-hybridized carbons (Fsp3) is 0. The van der Waals surface area contributed by atoms with Gasteiger partial charge in [0.15, 0.2) is 34.9 Å². The molecular formula is C60H34N12. The quantitative estimate of drug-likeness (QED) is 0.133. The number of nitrogens with zero attached hydrogens (tertiary/aromatic N) is 12. The van der Waals surface area contributed by atoms with E-state index in [9.17, 15) is 0 Å². The first-order chi connectivity index (χ1) is 35.7. The van der Waals surface area contributed by atoms with Crippen LogP contribution in [0.1, 0.15) is 0 Å². The Kier molecular flexibility index (Phi) is 9.52. The Balaban J connectivity index is 0.953. The Labute approximate surface area is 410 Å². The van der Waals surface area contributed by atoms with E-state index in [1.54, 1.807) is 37.2 Å². The molecule has 72 heavy (non-hydrogen) atoms. The molecule has 0 atom stereocenters. The molecule has 0 bridgehead atoms. The van der Waals surface area contributed by atoms with Crippen LogP contribution in [0, 0.1) is 0 Å². The third-order valence-electron chi connectivity index (χ3n) is 13.1. The van der Waals surface area contributed by atoms with Gasteiger partial charge < -0.3 is 0 Å². The minimum atomic E-state index is 0.467. The Morgan fingerprint density at radius 1 is 0.236 bits per heavy atom. The number of hydrogen-bond donors (Lipinski definition) is 0. The molecule has 12 heteroatoms. The molecule has 0 aliphatic rings. The lowest BCUT2D eigenvalue weighted by Crippen LogP contribution is -2.02. The van der Waals surface area contributed by atoms with Gasteiger partial charge in [0.05, 0.1) is 33.5 Å². The third-order valence-corrected chi connectivity index (χ3v) is 13.1. The standard InChI is InChI=1S/C60H34N12/c1-3-29-61-47(9-1)35-13-17-39(18-14-35)55-67-56(40-19-15-36(16-20-40)48-10-2-4-30-62-48)69-57(68-55)43-27-23-37-22-26-42-44(28-24-38-21-25-41(43)51(37)52(38)42)58-70-59(45-7-5-11-49-53(45)65-33-31-63-49)72-60(71-58)46-8-6-12-50-54(46)66-34-32-64-50/h1-34H. The van der Waals surface area contributed by atoms with Crippen LogP contribution in [-0.4, -0.2) is 59.8 Å². The van der Waals surface area contributed by atoms with Crippen LogP contribution in [0.3, 0.4) is 0 Å². The van der Waals surface area contributed by atoms with Crippen molar-refractivity contribution in [2.24, 2.45) is 0 Å². The summed E-state index contributed by atoms with van der Waals surface area (Å²) in [7, 11) is 0. The highest BCUT2D eigenvalue weighted by molar-refractivity contribution is 6.27. The van der Waals surface area contributed by atoms with Gasteiger partial charge in [0, 0.05) is 81.7 Å². The maximum absolute atomic E-state index is 5.24. The monoisotopic (exact) mass is 922 g/mol. The number of benzene rings is 8. The summed E-state index contributed by atoms with van der Waals surface area (Å²) >= 11 is 0. The summed E-state index contributed by atoms with van der Waals surface area (Å²) in [6, 6.07) is 57.1. The maximum Gasteiger partial charge on any atom is 0.166 e. The first-order valence-corrected chi connectivity index (χ1v) is 23.3. The van der Waals surface area contributed by atoms with Crippen LogP contribution >= 0.6 is 0 Å². The van der Waals surface area contributed by atoms with E-state index >= 15 is 0 Å². The van der Waals surface area contributed by atoms with Crippen LogP contribution in [0.2, 0.25) is 0 Å². The summed E-state index contributed by atoms with van der Waals surface area (Å²) in [5, 5.41) is 6.29. The van der Waals surface area contributed by atoms with Gasteiger partial charge in [-0.2, -0.15) is 0 Å². The van der Waals surface area contributed by atoms with Crippen molar-refractivity contribution >= 4 is 54.4 Å². The number of aromatic nitrogens is 12. The van der Waals surface area contributed by atoms with Crippen molar-refractivity contribution < 1.29 is 0 Å². The zero-order valence-electron chi connectivity index (χ0n) is 38.0. The zero-order valence-corrected chi connectivity index (χ0v) is 38.0. The molecule has 12 nitrogen and oxygen atoms in total. The van der Waals surface area contributed by atoms with Crippen molar-refractivity contribution in [1.82, 2.24) is 59.8 Å². The van der Waals surface area contributed by atoms with Crippen LogP contribution in [0.4, 0.5) is 0 Å². The largest absolute Gasteiger partial charge is 0.256 e. The average Bonchev–Trinajstić information content (AvgIpc) is 3.46. The number of hydrogen-bond acceptors (Lipinski definition) is 12. The molecule has 0 radical (unpaired) electrons. The van der Waals surface area contributed by atoms with E-state index in [0.717, 1.165) is 99.2 Å². The minimum Gasteiger partial charge on any atom is -0.256 e. The predicted molar refractivity (Wildman–Crippen MR) is 282 cm³/mol.